The quantitative estimate of drug-likeness (QED) is 0.220. The fraction of sp³-hybridized carbons (Fsp3) is 0.824. The molecule has 4 N–H and O–H groups in total. The van der Waals surface area contributed by atoms with E-state index >= 15 is 0 Å². The Bertz CT molecular complexity index is 532. The van der Waals surface area contributed by atoms with E-state index in [0.717, 1.165) is 19.3 Å². The molecule has 11 heteroatoms. The van der Waals surface area contributed by atoms with Gasteiger partial charge in [0, 0.05) is 37.1 Å². The maximum atomic E-state index is 11.9. The van der Waals surface area contributed by atoms with Crippen LogP contribution in [0.25, 0.3) is 0 Å². The standard InChI is InChI=1S/C17H33N2O7PS/c1-4-5-6-7-14(21)28-11-10-18-13(20)8-9-19-16(23)15(22)17(2,3)12-26-27(24)25/h15,22,27H,4-12H2,1-3H3,(H,18,20)(H,19,23)(H,24,25)/t15-/m0/s1. The van der Waals surface area contributed by atoms with Crippen molar-refractivity contribution >= 4 is 36.9 Å². The summed E-state index contributed by atoms with van der Waals surface area (Å²) in [6, 6.07) is 0. The molecule has 1 unspecified atom stereocenters. The van der Waals surface area contributed by atoms with Gasteiger partial charge in [0.25, 0.3) is 0 Å². The second kappa shape index (κ2) is 15.0. The number of nitrogens with one attached hydrogen (secondary N) is 2. The molecule has 0 heterocycles. The Morgan fingerprint density at radius 1 is 1.14 bits per heavy atom. The van der Waals surface area contributed by atoms with Gasteiger partial charge in [-0.25, -0.2) is 0 Å². The van der Waals surface area contributed by atoms with Crippen molar-refractivity contribution in [3.05, 3.63) is 0 Å². The number of aliphatic hydroxyl groups is 1. The van der Waals surface area contributed by atoms with E-state index in [1.54, 1.807) is 0 Å². The van der Waals surface area contributed by atoms with Gasteiger partial charge >= 0.3 is 8.25 Å². The zero-order valence-electron chi connectivity index (χ0n) is 16.8. The first-order chi connectivity index (χ1) is 13.1. The van der Waals surface area contributed by atoms with Crippen LogP contribution in [0.15, 0.2) is 0 Å². The molecule has 164 valence electrons. The molecule has 0 aromatic carbocycles. The number of rotatable bonds is 15. The fourth-order valence-corrected chi connectivity index (χ4v) is 3.33. The molecule has 0 bridgehead atoms. The summed E-state index contributed by atoms with van der Waals surface area (Å²) in [4.78, 5) is 43.9. The molecule has 0 saturated carbocycles. The molecule has 2 amide bonds. The van der Waals surface area contributed by atoms with Gasteiger partial charge in [-0.2, -0.15) is 0 Å². The van der Waals surface area contributed by atoms with Crippen molar-refractivity contribution in [2.45, 2.75) is 59.0 Å². The van der Waals surface area contributed by atoms with Gasteiger partial charge < -0.3 is 25.2 Å². The zero-order valence-corrected chi connectivity index (χ0v) is 18.6. The summed E-state index contributed by atoms with van der Waals surface area (Å²) in [5.74, 6) is -0.452. The number of hydrogen-bond acceptors (Lipinski definition) is 7. The number of amides is 2. The highest BCUT2D eigenvalue weighted by Gasteiger charge is 2.34. The Kier molecular flexibility index (Phi) is 14.5. The minimum atomic E-state index is -3.14. The van der Waals surface area contributed by atoms with Gasteiger partial charge in [0.05, 0.1) is 6.61 Å². The summed E-state index contributed by atoms with van der Waals surface area (Å²) >= 11 is 1.20. The minimum absolute atomic E-state index is 0.0366. The van der Waals surface area contributed by atoms with Crippen LogP contribution in [0.4, 0.5) is 0 Å². The normalized spacial score (nSPS) is 13.6. The Balaban J connectivity index is 3.94. The van der Waals surface area contributed by atoms with E-state index in [9.17, 15) is 24.1 Å². The number of carbonyl (C=O) groups excluding carboxylic acids is 3. The highest BCUT2D eigenvalue weighted by molar-refractivity contribution is 8.13. The molecule has 2 atom stereocenters. The van der Waals surface area contributed by atoms with Crippen LogP contribution < -0.4 is 10.6 Å². The number of aliphatic hydroxyl groups excluding tert-OH is 1. The van der Waals surface area contributed by atoms with Crippen molar-refractivity contribution in [1.29, 1.82) is 0 Å². The predicted molar refractivity (Wildman–Crippen MR) is 109 cm³/mol. The van der Waals surface area contributed by atoms with E-state index in [1.165, 1.54) is 25.6 Å². The first-order valence-corrected chi connectivity index (χ1v) is 11.6. The summed E-state index contributed by atoms with van der Waals surface area (Å²) in [5, 5.41) is 15.3. The molecule has 28 heavy (non-hydrogen) atoms. The first kappa shape index (κ1) is 27.1. The third kappa shape index (κ3) is 13.3. The largest absolute Gasteiger partial charge is 0.383 e. The lowest BCUT2D eigenvalue weighted by atomic mass is 9.87. The summed E-state index contributed by atoms with van der Waals surface area (Å²) in [6.07, 6.45) is 2.13. The maximum Gasteiger partial charge on any atom is 0.316 e. The monoisotopic (exact) mass is 440 g/mol. The molecular formula is C17H33N2O7PS. The Hall–Kier alpha value is -0.930. The van der Waals surface area contributed by atoms with Crippen molar-refractivity contribution < 1.29 is 33.5 Å². The SMILES string of the molecule is CCCCCC(=O)SCCNC(=O)CCNC(=O)[C@H](O)C(C)(C)CO[PH](=O)O. The lowest BCUT2D eigenvalue weighted by Crippen LogP contribution is -2.46. The van der Waals surface area contributed by atoms with E-state index in [-0.39, 0.29) is 30.6 Å². The molecule has 0 aromatic heterocycles. The second-order valence-corrected chi connectivity index (χ2v) is 8.99. The van der Waals surface area contributed by atoms with Crippen molar-refractivity contribution in [2.24, 2.45) is 5.41 Å². The van der Waals surface area contributed by atoms with Gasteiger partial charge in [0.1, 0.15) is 6.10 Å². The van der Waals surface area contributed by atoms with Crippen molar-refractivity contribution in [1.82, 2.24) is 10.6 Å². The smallest absolute Gasteiger partial charge is 0.316 e. The maximum absolute atomic E-state index is 11.9. The van der Waals surface area contributed by atoms with Gasteiger partial charge in [-0.05, 0) is 6.42 Å². The van der Waals surface area contributed by atoms with Gasteiger partial charge in [-0.1, -0.05) is 45.4 Å². The van der Waals surface area contributed by atoms with Crippen LogP contribution in [0.5, 0.6) is 0 Å². The van der Waals surface area contributed by atoms with Crippen LogP contribution in [-0.2, 0) is 23.5 Å². The van der Waals surface area contributed by atoms with Crippen molar-refractivity contribution in [3.8, 4) is 0 Å². The predicted octanol–water partition coefficient (Wildman–Crippen LogP) is 1.23. The average molecular weight is 440 g/mol. The number of thioether (sulfide) groups is 1. The van der Waals surface area contributed by atoms with Crippen molar-refractivity contribution in [2.75, 3.05) is 25.4 Å². The number of carbonyl (C=O) groups is 3. The highest BCUT2D eigenvalue weighted by Crippen LogP contribution is 2.26. The van der Waals surface area contributed by atoms with Crippen LogP contribution in [0.1, 0.15) is 52.9 Å². The van der Waals surface area contributed by atoms with E-state index in [1.807, 2.05) is 0 Å². The number of hydrogen-bond donors (Lipinski definition) is 4. The van der Waals surface area contributed by atoms with Crippen LogP contribution in [-0.4, -0.2) is 58.5 Å². The van der Waals surface area contributed by atoms with E-state index in [4.69, 9.17) is 4.89 Å². The Labute approximate surface area is 171 Å². The van der Waals surface area contributed by atoms with Gasteiger partial charge in [-0.15, -0.1) is 0 Å². The molecule has 9 nitrogen and oxygen atoms in total. The molecule has 0 radical (unpaired) electrons. The minimum Gasteiger partial charge on any atom is -0.383 e. The molecular weight excluding hydrogens is 407 g/mol. The molecule has 0 aliphatic rings. The van der Waals surface area contributed by atoms with Gasteiger partial charge in [0.15, 0.2) is 5.12 Å². The summed E-state index contributed by atoms with van der Waals surface area (Å²) in [7, 11) is -3.14. The Morgan fingerprint density at radius 3 is 2.43 bits per heavy atom. The van der Waals surface area contributed by atoms with Gasteiger partial charge in [0.2, 0.25) is 11.8 Å². The molecule has 0 spiro atoms. The topological polar surface area (TPSA) is 142 Å². The van der Waals surface area contributed by atoms with Crippen LogP contribution >= 0.6 is 20.0 Å². The summed E-state index contributed by atoms with van der Waals surface area (Å²) < 4.78 is 15.2. The lowest BCUT2D eigenvalue weighted by molar-refractivity contribution is -0.136. The van der Waals surface area contributed by atoms with Crippen LogP contribution in [0.2, 0.25) is 0 Å². The fourth-order valence-electron chi connectivity index (χ4n) is 2.11. The van der Waals surface area contributed by atoms with E-state index < -0.39 is 25.7 Å². The lowest BCUT2D eigenvalue weighted by Gasteiger charge is -2.28. The third-order valence-corrected chi connectivity index (χ3v) is 5.20. The molecule has 0 rings (SSSR count). The number of unbranched alkanes of at least 4 members (excludes halogenated alkanes) is 2. The van der Waals surface area contributed by atoms with Gasteiger partial charge in [-0.3, -0.25) is 18.9 Å². The summed E-state index contributed by atoms with van der Waals surface area (Å²) in [6.45, 7) is 5.27. The zero-order chi connectivity index (χ0) is 21.6. The Morgan fingerprint density at radius 2 is 1.82 bits per heavy atom. The van der Waals surface area contributed by atoms with E-state index in [2.05, 4.69) is 22.1 Å². The first-order valence-electron chi connectivity index (χ1n) is 9.34. The highest BCUT2D eigenvalue weighted by atomic mass is 32.2. The van der Waals surface area contributed by atoms with Crippen LogP contribution in [0.3, 0.4) is 0 Å². The summed E-state index contributed by atoms with van der Waals surface area (Å²) in [5.41, 5.74) is -1.06. The average Bonchev–Trinajstić information content (AvgIpc) is 2.63. The third-order valence-electron chi connectivity index (χ3n) is 3.88. The van der Waals surface area contributed by atoms with Crippen LogP contribution in [0, 0.1) is 5.41 Å². The molecule has 0 saturated heterocycles. The molecule has 0 aromatic rings. The van der Waals surface area contributed by atoms with Crippen molar-refractivity contribution in [3.63, 3.8) is 0 Å². The molecule has 0 aliphatic carbocycles. The molecule has 0 aliphatic heterocycles. The second-order valence-electron chi connectivity index (χ2n) is 7.01. The van der Waals surface area contributed by atoms with E-state index in [0.29, 0.717) is 18.7 Å². The molecule has 0 fully saturated rings.